The van der Waals surface area contributed by atoms with Crippen molar-refractivity contribution in [1.82, 2.24) is 9.97 Å². The molecule has 1 aliphatic carbocycles. The van der Waals surface area contributed by atoms with Gasteiger partial charge in [0.2, 0.25) is 0 Å². The maximum atomic E-state index is 10.2. The Morgan fingerprint density at radius 3 is 2.54 bits per heavy atom. The van der Waals surface area contributed by atoms with Gasteiger partial charge in [-0.3, -0.25) is 4.98 Å². The molecule has 0 bridgehead atoms. The highest BCUT2D eigenvalue weighted by atomic mass is 35.5. The summed E-state index contributed by atoms with van der Waals surface area (Å²) in [4.78, 5) is 11.4. The Labute approximate surface area is 172 Å². The summed E-state index contributed by atoms with van der Waals surface area (Å²) in [5, 5.41) is 14.3. The van der Waals surface area contributed by atoms with E-state index in [0.717, 1.165) is 55.7 Å². The standard InChI is InChI=1S/C22H29ClN4O/c1-22(28)9-7-16(8-10-22)26-20-13-21(23)25-15-18(20)19-6-5-17(14-24-19)27-11-3-2-4-12-27/h5-6,13-16,28H,2-4,7-12H2,1H3,(H,25,26). The first kappa shape index (κ1) is 19.5. The van der Waals surface area contributed by atoms with Crippen molar-refractivity contribution in [2.24, 2.45) is 0 Å². The first-order valence-corrected chi connectivity index (χ1v) is 10.7. The van der Waals surface area contributed by atoms with Crippen molar-refractivity contribution in [3.8, 4) is 11.3 Å². The summed E-state index contributed by atoms with van der Waals surface area (Å²) in [7, 11) is 0. The Kier molecular flexibility index (Phi) is 5.74. The van der Waals surface area contributed by atoms with E-state index in [4.69, 9.17) is 16.6 Å². The third kappa shape index (κ3) is 4.58. The number of nitrogens with one attached hydrogen (secondary N) is 1. The van der Waals surface area contributed by atoms with Crippen LogP contribution in [0, 0.1) is 0 Å². The Hall–Kier alpha value is -1.85. The summed E-state index contributed by atoms with van der Waals surface area (Å²) in [5.74, 6) is 0. The van der Waals surface area contributed by atoms with Crippen LogP contribution in [0.15, 0.2) is 30.6 Å². The maximum absolute atomic E-state index is 10.2. The van der Waals surface area contributed by atoms with Crippen LogP contribution in [0.25, 0.3) is 11.3 Å². The number of aliphatic hydroxyl groups is 1. The molecule has 0 atom stereocenters. The van der Waals surface area contributed by atoms with E-state index in [9.17, 15) is 5.11 Å². The third-order valence-electron chi connectivity index (χ3n) is 6.04. The second kappa shape index (κ2) is 8.26. The minimum Gasteiger partial charge on any atom is -0.390 e. The van der Waals surface area contributed by atoms with Gasteiger partial charge in [-0.05, 0) is 70.1 Å². The lowest BCUT2D eigenvalue weighted by atomic mass is 9.83. The second-order valence-electron chi connectivity index (χ2n) is 8.42. The SMILES string of the molecule is CC1(O)CCC(Nc2cc(Cl)ncc2-c2ccc(N3CCCCC3)cn2)CC1. The number of rotatable bonds is 4. The fourth-order valence-corrected chi connectivity index (χ4v) is 4.40. The molecule has 2 aromatic rings. The highest BCUT2D eigenvalue weighted by molar-refractivity contribution is 6.29. The van der Waals surface area contributed by atoms with Gasteiger partial charge in [0.1, 0.15) is 5.15 Å². The summed E-state index contributed by atoms with van der Waals surface area (Å²) in [6.07, 6.45) is 11.1. The number of pyridine rings is 2. The zero-order valence-electron chi connectivity index (χ0n) is 16.5. The molecule has 0 unspecified atom stereocenters. The topological polar surface area (TPSA) is 61.3 Å². The van der Waals surface area contributed by atoms with E-state index in [1.807, 2.05) is 19.2 Å². The Morgan fingerprint density at radius 2 is 1.86 bits per heavy atom. The number of halogens is 1. The molecule has 1 aliphatic heterocycles. The lowest BCUT2D eigenvalue weighted by Crippen LogP contribution is -2.35. The van der Waals surface area contributed by atoms with Crippen LogP contribution in [0.5, 0.6) is 0 Å². The number of piperidine rings is 1. The molecule has 0 spiro atoms. The molecule has 1 saturated heterocycles. The predicted molar refractivity (Wildman–Crippen MR) is 115 cm³/mol. The normalized spacial score (nSPS) is 25.5. The van der Waals surface area contributed by atoms with Crippen LogP contribution < -0.4 is 10.2 Å². The molecule has 2 aliphatic rings. The molecule has 2 aromatic heterocycles. The van der Waals surface area contributed by atoms with E-state index >= 15 is 0 Å². The van der Waals surface area contributed by atoms with Gasteiger partial charge in [-0.2, -0.15) is 0 Å². The van der Waals surface area contributed by atoms with Gasteiger partial charge in [0.15, 0.2) is 0 Å². The first-order chi connectivity index (χ1) is 13.5. The van der Waals surface area contributed by atoms with Crippen molar-refractivity contribution in [1.29, 1.82) is 0 Å². The Balaban J connectivity index is 1.53. The number of hydrogen-bond donors (Lipinski definition) is 2. The van der Waals surface area contributed by atoms with Gasteiger partial charge in [0, 0.05) is 36.6 Å². The lowest BCUT2D eigenvalue weighted by molar-refractivity contribution is 0.0196. The van der Waals surface area contributed by atoms with Gasteiger partial charge in [-0.15, -0.1) is 0 Å². The number of aromatic nitrogens is 2. The zero-order valence-corrected chi connectivity index (χ0v) is 17.3. The fraction of sp³-hybridized carbons (Fsp3) is 0.545. The van der Waals surface area contributed by atoms with Gasteiger partial charge in [-0.1, -0.05) is 11.6 Å². The molecule has 28 heavy (non-hydrogen) atoms. The third-order valence-corrected chi connectivity index (χ3v) is 6.24. The van der Waals surface area contributed by atoms with E-state index in [1.54, 1.807) is 6.20 Å². The van der Waals surface area contributed by atoms with Crippen LogP contribution in [-0.4, -0.2) is 39.8 Å². The minimum atomic E-state index is -0.539. The molecule has 2 fully saturated rings. The lowest BCUT2D eigenvalue weighted by Gasteiger charge is -2.34. The largest absolute Gasteiger partial charge is 0.390 e. The summed E-state index contributed by atoms with van der Waals surface area (Å²) in [5.41, 5.74) is 3.48. The van der Waals surface area contributed by atoms with Gasteiger partial charge in [-0.25, -0.2) is 4.98 Å². The van der Waals surface area contributed by atoms with Crippen LogP contribution >= 0.6 is 11.6 Å². The van der Waals surface area contributed by atoms with Crippen molar-refractivity contribution >= 4 is 23.0 Å². The number of hydrogen-bond acceptors (Lipinski definition) is 5. The van der Waals surface area contributed by atoms with Crippen LogP contribution in [0.2, 0.25) is 5.15 Å². The molecule has 1 saturated carbocycles. The van der Waals surface area contributed by atoms with Crippen LogP contribution in [0.4, 0.5) is 11.4 Å². The van der Waals surface area contributed by atoms with Crippen molar-refractivity contribution in [2.75, 3.05) is 23.3 Å². The van der Waals surface area contributed by atoms with Crippen LogP contribution in [0.1, 0.15) is 51.9 Å². The predicted octanol–water partition coefficient (Wildman–Crippen LogP) is 4.89. The van der Waals surface area contributed by atoms with Crippen LogP contribution in [-0.2, 0) is 0 Å². The molecule has 150 valence electrons. The first-order valence-electron chi connectivity index (χ1n) is 10.4. The number of nitrogens with zero attached hydrogens (tertiary/aromatic N) is 3. The summed E-state index contributed by atoms with van der Waals surface area (Å²) in [6, 6.07) is 6.43. The second-order valence-corrected chi connectivity index (χ2v) is 8.80. The quantitative estimate of drug-likeness (QED) is 0.715. The maximum Gasteiger partial charge on any atom is 0.131 e. The van der Waals surface area contributed by atoms with Crippen molar-refractivity contribution in [2.45, 2.75) is 63.5 Å². The fourth-order valence-electron chi connectivity index (χ4n) is 4.24. The Bertz CT molecular complexity index is 793. The van der Waals surface area contributed by atoms with E-state index in [2.05, 4.69) is 27.3 Å². The Morgan fingerprint density at radius 1 is 1.11 bits per heavy atom. The van der Waals surface area contributed by atoms with E-state index in [0.29, 0.717) is 11.2 Å². The van der Waals surface area contributed by atoms with Gasteiger partial charge in [0.05, 0.1) is 23.2 Å². The summed E-state index contributed by atoms with van der Waals surface area (Å²) in [6.45, 7) is 4.15. The monoisotopic (exact) mass is 400 g/mol. The average molecular weight is 401 g/mol. The highest BCUT2D eigenvalue weighted by Crippen LogP contribution is 2.34. The smallest absolute Gasteiger partial charge is 0.131 e. The van der Waals surface area contributed by atoms with Gasteiger partial charge >= 0.3 is 0 Å². The number of anilines is 2. The van der Waals surface area contributed by atoms with Gasteiger partial charge < -0.3 is 15.3 Å². The molecule has 0 radical (unpaired) electrons. The average Bonchev–Trinajstić information content (AvgIpc) is 2.71. The van der Waals surface area contributed by atoms with Crippen LogP contribution in [0.3, 0.4) is 0 Å². The molecule has 2 N–H and O–H groups in total. The molecule has 0 amide bonds. The highest BCUT2D eigenvalue weighted by Gasteiger charge is 2.29. The zero-order chi connectivity index (χ0) is 19.6. The van der Waals surface area contributed by atoms with Crippen molar-refractivity contribution < 1.29 is 5.11 Å². The van der Waals surface area contributed by atoms with Gasteiger partial charge in [0.25, 0.3) is 0 Å². The van der Waals surface area contributed by atoms with E-state index in [1.165, 1.54) is 24.9 Å². The molecular formula is C22H29ClN4O. The summed E-state index contributed by atoms with van der Waals surface area (Å²) < 4.78 is 0. The van der Waals surface area contributed by atoms with Crippen molar-refractivity contribution in [3.05, 3.63) is 35.7 Å². The minimum absolute atomic E-state index is 0.324. The molecule has 0 aromatic carbocycles. The van der Waals surface area contributed by atoms with Crippen molar-refractivity contribution in [3.63, 3.8) is 0 Å². The van der Waals surface area contributed by atoms with E-state index in [-0.39, 0.29) is 0 Å². The van der Waals surface area contributed by atoms with E-state index < -0.39 is 5.60 Å². The molecule has 5 nitrogen and oxygen atoms in total. The molecule has 6 heteroatoms. The summed E-state index contributed by atoms with van der Waals surface area (Å²) >= 11 is 6.18. The molecule has 3 heterocycles. The molecular weight excluding hydrogens is 372 g/mol. The molecule has 4 rings (SSSR count).